The van der Waals surface area contributed by atoms with E-state index in [1.807, 2.05) is 0 Å². The third-order valence-electron chi connectivity index (χ3n) is 4.96. The molecule has 0 saturated carbocycles. The fourth-order valence-electron chi connectivity index (χ4n) is 3.57. The third-order valence-corrected chi connectivity index (χ3v) is 6.84. The molecule has 6 nitrogen and oxygen atoms in total. The predicted octanol–water partition coefficient (Wildman–Crippen LogP) is 2.14. The van der Waals surface area contributed by atoms with Crippen LogP contribution in [0.1, 0.15) is 32.6 Å². The third kappa shape index (κ3) is 4.59. The predicted molar refractivity (Wildman–Crippen MR) is 97.9 cm³/mol. The van der Waals surface area contributed by atoms with Gasteiger partial charge in [0.1, 0.15) is 0 Å². The van der Waals surface area contributed by atoms with Crippen molar-refractivity contribution in [2.45, 2.75) is 37.5 Å². The van der Waals surface area contributed by atoms with Crippen molar-refractivity contribution in [2.24, 2.45) is 5.92 Å². The molecule has 1 atom stereocenters. The highest BCUT2D eigenvalue weighted by molar-refractivity contribution is 7.89. The van der Waals surface area contributed by atoms with Crippen molar-refractivity contribution in [3.05, 3.63) is 24.3 Å². The minimum Gasteiger partial charge on any atom is -0.325 e. The van der Waals surface area contributed by atoms with E-state index in [1.165, 1.54) is 0 Å². The van der Waals surface area contributed by atoms with Crippen molar-refractivity contribution >= 4 is 21.6 Å². The van der Waals surface area contributed by atoms with Gasteiger partial charge < -0.3 is 5.32 Å². The average Bonchev–Trinajstić information content (AvgIpc) is 3.08. The highest BCUT2D eigenvalue weighted by Crippen LogP contribution is 2.24. The Kier molecular flexibility index (Phi) is 5.76. The molecule has 0 bridgehead atoms. The zero-order valence-corrected chi connectivity index (χ0v) is 15.6. The lowest BCUT2D eigenvalue weighted by molar-refractivity contribution is -0.117. The first-order chi connectivity index (χ1) is 11.9. The molecular weight excluding hydrogens is 338 g/mol. The number of carbonyl (C=O) groups excluding carboxylic acids is 1. The minimum absolute atomic E-state index is 0.0534. The first-order valence-electron chi connectivity index (χ1n) is 9.07. The molecule has 1 aromatic rings. The highest BCUT2D eigenvalue weighted by Gasteiger charge is 2.28. The van der Waals surface area contributed by atoms with Crippen LogP contribution in [-0.2, 0) is 14.8 Å². The Bertz CT molecular complexity index is 697. The van der Waals surface area contributed by atoms with Crippen molar-refractivity contribution in [1.29, 1.82) is 0 Å². The summed E-state index contributed by atoms with van der Waals surface area (Å²) < 4.78 is 27.0. The lowest BCUT2D eigenvalue weighted by atomic mass is 10.0. The molecule has 2 saturated heterocycles. The summed E-state index contributed by atoms with van der Waals surface area (Å²) in [6, 6.07) is 6.50. The topological polar surface area (TPSA) is 69.7 Å². The van der Waals surface area contributed by atoms with Gasteiger partial charge in [-0.1, -0.05) is 6.92 Å². The maximum absolute atomic E-state index is 12.7. The number of anilines is 1. The molecule has 0 radical (unpaired) electrons. The second-order valence-corrected chi connectivity index (χ2v) is 9.10. The highest BCUT2D eigenvalue weighted by atomic mass is 32.2. The molecule has 0 spiro atoms. The van der Waals surface area contributed by atoms with E-state index in [2.05, 4.69) is 17.1 Å². The SMILES string of the molecule is CC1CCCN(S(=O)(=O)c2ccc(NC(=O)CN3CCCC3)cc2)C1. The molecule has 2 fully saturated rings. The van der Waals surface area contributed by atoms with Crippen LogP contribution in [0.5, 0.6) is 0 Å². The van der Waals surface area contributed by atoms with Crippen LogP contribution in [0.3, 0.4) is 0 Å². The summed E-state index contributed by atoms with van der Waals surface area (Å²) in [6.07, 6.45) is 4.28. The second kappa shape index (κ2) is 7.85. The van der Waals surface area contributed by atoms with Crippen molar-refractivity contribution in [2.75, 3.05) is 38.0 Å². The van der Waals surface area contributed by atoms with E-state index in [1.54, 1.807) is 28.6 Å². The fourth-order valence-corrected chi connectivity index (χ4v) is 5.17. The molecule has 1 amide bonds. The van der Waals surface area contributed by atoms with Gasteiger partial charge in [-0.05, 0) is 69.0 Å². The molecular formula is C18H27N3O3S. The maximum Gasteiger partial charge on any atom is 0.243 e. The van der Waals surface area contributed by atoms with E-state index in [0.717, 1.165) is 38.8 Å². The molecule has 2 heterocycles. The van der Waals surface area contributed by atoms with Gasteiger partial charge >= 0.3 is 0 Å². The summed E-state index contributed by atoms with van der Waals surface area (Å²) in [5.41, 5.74) is 0.634. The molecule has 7 heteroatoms. The summed E-state index contributed by atoms with van der Waals surface area (Å²) in [6.45, 7) is 5.59. The number of piperidine rings is 1. The van der Waals surface area contributed by atoms with E-state index < -0.39 is 10.0 Å². The zero-order chi connectivity index (χ0) is 17.9. The normalized spacial score (nSPS) is 22.8. The van der Waals surface area contributed by atoms with Gasteiger partial charge in [-0.2, -0.15) is 4.31 Å². The number of amides is 1. The average molecular weight is 365 g/mol. The van der Waals surface area contributed by atoms with Gasteiger partial charge in [0.25, 0.3) is 0 Å². The van der Waals surface area contributed by atoms with E-state index in [0.29, 0.717) is 36.1 Å². The first kappa shape index (κ1) is 18.4. The Morgan fingerprint density at radius 2 is 1.80 bits per heavy atom. The Morgan fingerprint density at radius 3 is 2.44 bits per heavy atom. The molecule has 25 heavy (non-hydrogen) atoms. The largest absolute Gasteiger partial charge is 0.325 e. The molecule has 138 valence electrons. The van der Waals surface area contributed by atoms with Crippen LogP contribution in [-0.4, -0.2) is 56.3 Å². The van der Waals surface area contributed by atoms with Crippen LogP contribution in [0.15, 0.2) is 29.2 Å². The molecule has 2 aliphatic rings. The molecule has 1 N–H and O–H groups in total. The molecule has 2 aliphatic heterocycles. The summed E-state index contributed by atoms with van der Waals surface area (Å²) in [5, 5.41) is 2.85. The van der Waals surface area contributed by atoms with Crippen LogP contribution in [0.2, 0.25) is 0 Å². The zero-order valence-electron chi connectivity index (χ0n) is 14.8. The Balaban J connectivity index is 1.62. The number of rotatable bonds is 5. The van der Waals surface area contributed by atoms with Gasteiger partial charge in [-0.25, -0.2) is 8.42 Å². The minimum atomic E-state index is -3.45. The Morgan fingerprint density at radius 1 is 1.12 bits per heavy atom. The molecule has 0 aliphatic carbocycles. The standard InChI is InChI=1S/C18H27N3O3S/c1-15-5-4-12-21(13-15)25(23,24)17-8-6-16(7-9-17)19-18(22)14-20-10-2-3-11-20/h6-9,15H,2-5,10-14H2,1H3,(H,19,22). The van der Waals surface area contributed by atoms with Crippen molar-refractivity contribution < 1.29 is 13.2 Å². The van der Waals surface area contributed by atoms with Crippen molar-refractivity contribution in [3.63, 3.8) is 0 Å². The number of sulfonamides is 1. The number of hydrogen-bond donors (Lipinski definition) is 1. The molecule has 1 unspecified atom stereocenters. The van der Waals surface area contributed by atoms with Crippen LogP contribution in [0.25, 0.3) is 0 Å². The van der Waals surface area contributed by atoms with E-state index in [9.17, 15) is 13.2 Å². The first-order valence-corrected chi connectivity index (χ1v) is 10.5. The van der Waals surface area contributed by atoms with Gasteiger partial charge in [-0.3, -0.25) is 9.69 Å². The number of nitrogens with zero attached hydrogens (tertiary/aromatic N) is 2. The van der Waals surface area contributed by atoms with E-state index >= 15 is 0 Å². The Hall–Kier alpha value is -1.44. The number of nitrogens with one attached hydrogen (secondary N) is 1. The monoisotopic (exact) mass is 365 g/mol. The maximum atomic E-state index is 12.7. The van der Waals surface area contributed by atoms with Gasteiger partial charge in [0.2, 0.25) is 15.9 Å². The quantitative estimate of drug-likeness (QED) is 0.868. The van der Waals surface area contributed by atoms with Gasteiger partial charge in [-0.15, -0.1) is 0 Å². The molecule has 1 aromatic carbocycles. The van der Waals surface area contributed by atoms with Crippen LogP contribution in [0.4, 0.5) is 5.69 Å². The summed E-state index contributed by atoms with van der Waals surface area (Å²) >= 11 is 0. The van der Waals surface area contributed by atoms with Gasteiger partial charge in [0, 0.05) is 18.8 Å². The van der Waals surface area contributed by atoms with E-state index in [-0.39, 0.29) is 5.91 Å². The summed E-state index contributed by atoms with van der Waals surface area (Å²) in [4.78, 5) is 14.5. The fraction of sp³-hybridized carbons (Fsp3) is 0.611. The number of hydrogen-bond acceptors (Lipinski definition) is 4. The summed E-state index contributed by atoms with van der Waals surface area (Å²) in [7, 11) is -3.45. The van der Waals surface area contributed by atoms with Gasteiger partial charge in [0.15, 0.2) is 0 Å². The summed E-state index contributed by atoms with van der Waals surface area (Å²) in [5.74, 6) is 0.343. The Labute approximate surface area is 150 Å². The van der Waals surface area contributed by atoms with Crippen molar-refractivity contribution in [3.8, 4) is 0 Å². The smallest absolute Gasteiger partial charge is 0.243 e. The molecule has 0 aromatic heterocycles. The van der Waals surface area contributed by atoms with E-state index in [4.69, 9.17) is 0 Å². The van der Waals surface area contributed by atoms with Crippen LogP contribution >= 0.6 is 0 Å². The van der Waals surface area contributed by atoms with Crippen LogP contribution in [0, 0.1) is 5.92 Å². The number of benzene rings is 1. The number of carbonyl (C=O) groups is 1. The molecule has 3 rings (SSSR count). The lowest BCUT2D eigenvalue weighted by Crippen LogP contribution is -2.39. The van der Waals surface area contributed by atoms with Crippen molar-refractivity contribution in [1.82, 2.24) is 9.21 Å². The van der Waals surface area contributed by atoms with Gasteiger partial charge in [0.05, 0.1) is 11.4 Å². The lowest BCUT2D eigenvalue weighted by Gasteiger charge is -2.30. The second-order valence-electron chi connectivity index (χ2n) is 7.17. The van der Waals surface area contributed by atoms with Crippen LogP contribution < -0.4 is 5.32 Å². The number of likely N-dealkylation sites (tertiary alicyclic amines) is 1.